The number of nitrogens with one attached hydrogen (secondary N) is 1. The smallest absolute Gasteiger partial charge is 0.0589 e. The third-order valence-electron chi connectivity index (χ3n) is 4.35. The third-order valence-corrected chi connectivity index (χ3v) is 4.35. The minimum Gasteiger partial charge on any atom is -0.383 e. The Bertz CT molecular complexity index is 233. The molecule has 20 heavy (non-hydrogen) atoms. The van der Waals surface area contributed by atoms with Crippen LogP contribution in [-0.2, 0) is 4.74 Å². The largest absolute Gasteiger partial charge is 0.383 e. The minimum atomic E-state index is 0.663. The van der Waals surface area contributed by atoms with Crippen molar-refractivity contribution in [2.45, 2.75) is 71.4 Å². The molecule has 0 aliphatic heterocycles. The molecule has 3 nitrogen and oxygen atoms in total. The first kappa shape index (κ1) is 17.9. The minimum absolute atomic E-state index is 0.663. The molecular weight excluding hydrogens is 248 g/mol. The van der Waals surface area contributed by atoms with Crippen LogP contribution in [0.1, 0.15) is 59.3 Å². The molecule has 1 aliphatic carbocycles. The first-order chi connectivity index (χ1) is 9.69. The maximum atomic E-state index is 5.33. The van der Waals surface area contributed by atoms with Crippen molar-refractivity contribution in [1.29, 1.82) is 0 Å². The van der Waals surface area contributed by atoms with Gasteiger partial charge in [-0.15, -0.1) is 0 Å². The van der Waals surface area contributed by atoms with E-state index in [1.54, 1.807) is 0 Å². The summed E-state index contributed by atoms with van der Waals surface area (Å²) in [6, 6.07) is 1.35. The molecule has 0 aromatic carbocycles. The van der Waals surface area contributed by atoms with E-state index in [2.05, 4.69) is 31.0 Å². The summed E-state index contributed by atoms with van der Waals surface area (Å²) in [7, 11) is 1.81. The fourth-order valence-corrected chi connectivity index (χ4v) is 3.47. The highest BCUT2D eigenvalue weighted by Crippen LogP contribution is 2.23. The second-order valence-corrected chi connectivity index (χ2v) is 6.60. The van der Waals surface area contributed by atoms with E-state index in [9.17, 15) is 0 Å². The average molecular weight is 284 g/mol. The first-order valence-electron chi connectivity index (χ1n) is 8.65. The molecular formula is C17H36N2O. The van der Waals surface area contributed by atoms with Gasteiger partial charge in [-0.2, -0.15) is 0 Å². The van der Waals surface area contributed by atoms with Crippen LogP contribution in [-0.4, -0.2) is 50.3 Å². The Hall–Kier alpha value is -0.120. The van der Waals surface area contributed by atoms with Gasteiger partial charge in [0.1, 0.15) is 0 Å². The number of nitrogens with zero attached hydrogens (tertiary/aromatic N) is 1. The summed E-state index contributed by atoms with van der Waals surface area (Å²) in [4.78, 5) is 2.69. The molecule has 0 aromatic rings. The second kappa shape index (κ2) is 10.6. The first-order valence-corrected chi connectivity index (χ1v) is 8.65. The summed E-state index contributed by atoms with van der Waals surface area (Å²) < 4.78 is 5.33. The van der Waals surface area contributed by atoms with E-state index in [1.807, 2.05) is 7.11 Å². The molecule has 0 bridgehead atoms. The molecule has 0 saturated heterocycles. The van der Waals surface area contributed by atoms with Crippen LogP contribution in [0.4, 0.5) is 0 Å². The highest BCUT2D eigenvalue weighted by Gasteiger charge is 2.27. The van der Waals surface area contributed by atoms with Crippen molar-refractivity contribution in [1.82, 2.24) is 10.2 Å². The zero-order valence-electron chi connectivity index (χ0n) is 14.2. The number of ether oxygens (including phenoxy) is 1. The second-order valence-electron chi connectivity index (χ2n) is 6.60. The van der Waals surface area contributed by atoms with Crippen molar-refractivity contribution >= 4 is 0 Å². The summed E-state index contributed by atoms with van der Waals surface area (Å²) in [5.74, 6) is 0.722. The van der Waals surface area contributed by atoms with Crippen LogP contribution in [0.3, 0.4) is 0 Å². The summed E-state index contributed by atoms with van der Waals surface area (Å²) in [6.07, 6.45) is 8.27. The number of hydrogen-bond acceptors (Lipinski definition) is 3. The Morgan fingerprint density at radius 2 is 1.85 bits per heavy atom. The summed E-state index contributed by atoms with van der Waals surface area (Å²) in [6.45, 7) is 11.1. The number of likely N-dealkylation sites (N-methyl/N-ethyl adjacent to an activating group) is 1. The summed E-state index contributed by atoms with van der Waals surface area (Å²) >= 11 is 0. The van der Waals surface area contributed by atoms with E-state index in [4.69, 9.17) is 4.74 Å². The Kier molecular flexibility index (Phi) is 9.49. The zero-order chi connectivity index (χ0) is 14.8. The maximum Gasteiger partial charge on any atom is 0.0589 e. The number of methoxy groups -OCH3 is 1. The van der Waals surface area contributed by atoms with Gasteiger partial charge in [0.05, 0.1) is 6.61 Å². The van der Waals surface area contributed by atoms with Crippen LogP contribution < -0.4 is 5.32 Å². The molecule has 2 atom stereocenters. The van der Waals surface area contributed by atoms with Gasteiger partial charge in [0.2, 0.25) is 0 Å². The van der Waals surface area contributed by atoms with Crippen LogP contribution in [0.15, 0.2) is 0 Å². The van der Waals surface area contributed by atoms with E-state index in [0.717, 1.165) is 25.6 Å². The fourth-order valence-electron chi connectivity index (χ4n) is 3.47. The van der Waals surface area contributed by atoms with Gasteiger partial charge in [0.25, 0.3) is 0 Å². The van der Waals surface area contributed by atoms with E-state index >= 15 is 0 Å². The predicted octanol–water partition coefficient (Wildman–Crippen LogP) is 3.29. The van der Waals surface area contributed by atoms with Gasteiger partial charge >= 0.3 is 0 Å². The summed E-state index contributed by atoms with van der Waals surface area (Å²) in [5, 5.41) is 3.75. The lowest BCUT2D eigenvalue weighted by Gasteiger charge is -2.39. The van der Waals surface area contributed by atoms with E-state index in [0.29, 0.717) is 12.1 Å². The predicted molar refractivity (Wildman–Crippen MR) is 87.2 cm³/mol. The molecule has 0 spiro atoms. The van der Waals surface area contributed by atoms with Gasteiger partial charge in [0.15, 0.2) is 0 Å². The third kappa shape index (κ3) is 6.55. The highest BCUT2D eigenvalue weighted by atomic mass is 16.5. The molecule has 1 saturated carbocycles. The summed E-state index contributed by atoms with van der Waals surface area (Å²) in [5.41, 5.74) is 0. The number of rotatable bonds is 8. The quantitative estimate of drug-likeness (QED) is 0.740. The zero-order valence-corrected chi connectivity index (χ0v) is 14.2. The van der Waals surface area contributed by atoms with Gasteiger partial charge in [0, 0.05) is 32.3 Å². The van der Waals surface area contributed by atoms with Gasteiger partial charge in [-0.1, -0.05) is 46.5 Å². The van der Waals surface area contributed by atoms with Crippen molar-refractivity contribution in [3.63, 3.8) is 0 Å². The van der Waals surface area contributed by atoms with Crippen molar-refractivity contribution < 1.29 is 4.74 Å². The Morgan fingerprint density at radius 1 is 1.15 bits per heavy atom. The van der Waals surface area contributed by atoms with Crippen LogP contribution in [0.5, 0.6) is 0 Å². The van der Waals surface area contributed by atoms with Gasteiger partial charge in [-0.25, -0.2) is 0 Å². The van der Waals surface area contributed by atoms with Gasteiger partial charge in [-0.3, -0.25) is 4.90 Å². The molecule has 1 N–H and O–H groups in total. The highest BCUT2D eigenvalue weighted by molar-refractivity contribution is 4.86. The molecule has 0 heterocycles. The Balaban J connectivity index is 2.71. The van der Waals surface area contributed by atoms with Crippen molar-refractivity contribution in [3.8, 4) is 0 Å². The van der Waals surface area contributed by atoms with Crippen LogP contribution in [0.25, 0.3) is 0 Å². The molecule has 0 amide bonds. The SMILES string of the molecule is CCNC1CCCCCCC1N(CCOC)CC(C)C. The van der Waals surface area contributed by atoms with Crippen molar-refractivity contribution in [3.05, 3.63) is 0 Å². The Labute approximate surface area is 126 Å². The van der Waals surface area contributed by atoms with E-state index < -0.39 is 0 Å². The van der Waals surface area contributed by atoms with Crippen molar-refractivity contribution in [2.24, 2.45) is 5.92 Å². The lowest BCUT2D eigenvalue weighted by atomic mass is 9.90. The van der Waals surface area contributed by atoms with Gasteiger partial charge in [-0.05, 0) is 25.3 Å². The monoisotopic (exact) mass is 284 g/mol. The molecule has 1 fully saturated rings. The Morgan fingerprint density at radius 3 is 2.45 bits per heavy atom. The van der Waals surface area contributed by atoms with Crippen LogP contribution in [0, 0.1) is 5.92 Å². The van der Waals surface area contributed by atoms with Crippen molar-refractivity contribution in [2.75, 3.05) is 33.4 Å². The van der Waals surface area contributed by atoms with Crippen LogP contribution >= 0.6 is 0 Å². The van der Waals surface area contributed by atoms with Gasteiger partial charge < -0.3 is 10.1 Å². The maximum absolute atomic E-state index is 5.33. The van der Waals surface area contributed by atoms with E-state index in [-0.39, 0.29) is 0 Å². The molecule has 2 unspecified atom stereocenters. The standard InChI is InChI=1S/C17H36N2O/c1-5-18-16-10-8-6-7-9-11-17(16)19(12-13-20-4)14-15(2)3/h15-18H,5-14H2,1-4H3. The average Bonchev–Trinajstić information content (AvgIpc) is 2.38. The molecule has 1 aliphatic rings. The lowest BCUT2D eigenvalue weighted by molar-refractivity contribution is 0.0813. The number of hydrogen-bond donors (Lipinski definition) is 1. The van der Waals surface area contributed by atoms with Crippen LogP contribution in [0.2, 0.25) is 0 Å². The molecule has 120 valence electrons. The molecule has 0 radical (unpaired) electrons. The van der Waals surface area contributed by atoms with E-state index in [1.165, 1.54) is 45.1 Å². The fraction of sp³-hybridized carbons (Fsp3) is 1.00. The normalized spacial score (nSPS) is 24.9. The molecule has 3 heteroatoms. The molecule has 1 rings (SSSR count). The lowest BCUT2D eigenvalue weighted by Crippen LogP contribution is -2.52. The topological polar surface area (TPSA) is 24.5 Å². The molecule has 0 aromatic heterocycles.